The van der Waals surface area contributed by atoms with Gasteiger partial charge in [0.25, 0.3) is 5.56 Å². The Bertz CT molecular complexity index is 563. The van der Waals surface area contributed by atoms with Crippen LogP contribution in [0, 0.1) is 0 Å². The van der Waals surface area contributed by atoms with E-state index in [1.807, 2.05) is 0 Å². The predicted octanol–water partition coefficient (Wildman–Crippen LogP) is 1.38. The molecule has 0 atom stereocenters. The van der Waals surface area contributed by atoms with Gasteiger partial charge in [-0.2, -0.15) is 13.2 Å². The Morgan fingerprint density at radius 1 is 1.44 bits per heavy atom. The molecule has 0 saturated heterocycles. The average molecular weight is 262 g/mol. The van der Waals surface area contributed by atoms with Crippen molar-refractivity contribution in [2.75, 3.05) is 11.9 Å². The van der Waals surface area contributed by atoms with Crippen molar-refractivity contribution < 1.29 is 23.1 Å². The number of aromatic nitrogens is 1. The zero-order valence-electron chi connectivity index (χ0n) is 9.04. The van der Waals surface area contributed by atoms with Crippen molar-refractivity contribution in [3.63, 3.8) is 0 Å². The molecule has 0 spiro atoms. The molecule has 8 heteroatoms. The molecule has 18 heavy (non-hydrogen) atoms. The van der Waals surface area contributed by atoms with Crippen LogP contribution in [0.1, 0.15) is 22.3 Å². The molecule has 1 aromatic rings. The van der Waals surface area contributed by atoms with Crippen LogP contribution in [0.5, 0.6) is 0 Å². The molecule has 2 heterocycles. The topological polar surface area (TPSA) is 71.3 Å². The highest BCUT2D eigenvalue weighted by atomic mass is 19.4. The summed E-state index contributed by atoms with van der Waals surface area (Å²) in [4.78, 5) is 22.5. The molecular formula is C10H9F3N2O3. The lowest BCUT2D eigenvalue weighted by Crippen LogP contribution is -2.33. The lowest BCUT2D eigenvalue weighted by molar-refractivity contribution is -0.138. The molecular weight excluding hydrogens is 253 g/mol. The fourth-order valence-electron chi connectivity index (χ4n) is 1.94. The summed E-state index contributed by atoms with van der Waals surface area (Å²) in [6.07, 6.45) is -4.32. The number of pyridine rings is 1. The average Bonchev–Trinajstić information content (AvgIpc) is 2.27. The second-order valence-corrected chi connectivity index (χ2v) is 3.85. The van der Waals surface area contributed by atoms with Crippen molar-refractivity contribution in [3.8, 4) is 0 Å². The van der Waals surface area contributed by atoms with Crippen molar-refractivity contribution in [1.82, 2.24) is 4.57 Å². The minimum absolute atomic E-state index is 0.208. The first-order chi connectivity index (χ1) is 8.32. The summed E-state index contributed by atoms with van der Waals surface area (Å²) in [7, 11) is 0. The zero-order valence-corrected chi connectivity index (χ0v) is 9.04. The number of nitrogens with one attached hydrogen (secondary N) is 1. The summed E-state index contributed by atoms with van der Waals surface area (Å²) in [5, 5.41) is 11.5. The fraction of sp³-hybridized carbons (Fsp3) is 0.400. The highest BCUT2D eigenvalue weighted by molar-refractivity contribution is 5.95. The van der Waals surface area contributed by atoms with Crippen molar-refractivity contribution in [3.05, 3.63) is 27.5 Å². The maximum atomic E-state index is 12.7. The first-order valence-corrected chi connectivity index (χ1v) is 5.14. The minimum Gasteiger partial charge on any atom is -0.478 e. The van der Waals surface area contributed by atoms with Crippen LogP contribution in [-0.4, -0.2) is 22.2 Å². The fourth-order valence-corrected chi connectivity index (χ4v) is 1.94. The number of rotatable bonds is 1. The summed E-state index contributed by atoms with van der Waals surface area (Å²) in [5.41, 5.74) is -3.17. The lowest BCUT2D eigenvalue weighted by Gasteiger charge is -2.23. The number of aromatic carboxylic acids is 1. The van der Waals surface area contributed by atoms with Crippen LogP contribution in [0.25, 0.3) is 0 Å². The molecule has 0 radical (unpaired) electrons. The summed E-state index contributed by atoms with van der Waals surface area (Å²) in [6, 6.07) is 0.333. The summed E-state index contributed by atoms with van der Waals surface area (Å²) in [5.74, 6) is -1.98. The number of nitrogens with zero attached hydrogens (tertiary/aromatic N) is 1. The third kappa shape index (κ3) is 1.93. The third-order valence-corrected chi connectivity index (χ3v) is 2.68. The molecule has 1 aliphatic rings. The number of carbonyl (C=O) groups is 1. The van der Waals surface area contributed by atoms with Crippen LogP contribution in [0.2, 0.25) is 0 Å². The molecule has 0 amide bonds. The van der Waals surface area contributed by atoms with Gasteiger partial charge in [-0.15, -0.1) is 0 Å². The first-order valence-electron chi connectivity index (χ1n) is 5.14. The second kappa shape index (κ2) is 4.04. The molecule has 0 aromatic carbocycles. The predicted molar refractivity (Wildman–Crippen MR) is 55.8 cm³/mol. The number of carboxylic acids is 1. The monoisotopic (exact) mass is 262 g/mol. The number of fused-ring (bicyclic) bond motifs is 1. The van der Waals surface area contributed by atoms with Crippen molar-refractivity contribution in [2.45, 2.75) is 19.1 Å². The molecule has 1 aromatic heterocycles. The van der Waals surface area contributed by atoms with Crippen molar-refractivity contribution in [1.29, 1.82) is 0 Å². The number of halogens is 3. The minimum atomic E-state index is -4.87. The standard InChI is InChI=1S/C10H9F3N2O3/c11-10(12,13)5-4-6(16)15-3-1-2-14-8(15)7(5)9(17)18/h4,14H,1-3H2,(H,17,18). The molecule has 1 aliphatic heterocycles. The van der Waals surface area contributed by atoms with Crippen LogP contribution in [0.4, 0.5) is 19.0 Å². The van der Waals surface area contributed by atoms with Gasteiger partial charge in [-0.25, -0.2) is 4.79 Å². The highest BCUT2D eigenvalue weighted by Crippen LogP contribution is 2.34. The van der Waals surface area contributed by atoms with Gasteiger partial charge in [-0.3, -0.25) is 9.36 Å². The van der Waals surface area contributed by atoms with E-state index in [2.05, 4.69) is 5.32 Å². The van der Waals surface area contributed by atoms with Gasteiger partial charge in [0.05, 0.1) is 5.56 Å². The van der Waals surface area contributed by atoms with Gasteiger partial charge in [-0.05, 0) is 6.42 Å². The Balaban J connectivity index is 2.80. The third-order valence-electron chi connectivity index (χ3n) is 2.68. The largest absolute Gasteiger partial charge is 0.478 e. The smallest absolute Gasteiger partial charge is 0.417 e. The molecule has 2 rings (SSSR count). The molecule has 0 aliphatic carbocycles. The van der Waals surface area contributed by atoms with Gasteiger partial charge in [0.1, 0.15) is 11.4 Å². The Morgan fingerprint density at radius 2 is 2.11 bits per heavy atom. The second-order valence-electron chi connectivity index (χ2n) is 3.85. The Morgan fingerprint density at radius 3 is 2.67 bits per heavy atom. The maximum absolute atomic E-state index is 12.7. The van der Waals surface area contributed by atoms with Gasteiger partial charge in [0.2, 0.25) is 0 Å². The number of carboxylic acid groups (broad SMARTS) is 1. The van der Waals surface area contributed by atoms with E-state index in [4.69, 9.17) is 5.11 Å². The van der Waals surface area contributed by atoms with Crippen LogP contribution in [0.15, 0.2) is 10.9 Å². The zero-order chi connectivity index (χ0) is 13.5. The Hall–Kier alpha value is -1.99. The van der Waals surface area contributed by atoms with Crippen LogP contribution in [-0.2, 0) is 12.7 Å². The van der Waals surface area contributed by atoms with E-state index in [9.17, 15) is 22.8 Å². The normalized spacial score (nSPS) is 14.8. The maximum Gasteiger partial charge on any atom is 0.417 e. The molecule has 0 bridgehead atoms. The van der Waals surface area contributed by atoms with E-state index in [-0.39, 0.29) is 12.4 Å². The quantitative estimate of drug-likeness (QED) is 0.802. The van der Waals surface area contributed by atoms with E-state index >= 15 is 0 Å². The van der Waals surface area contributed by atoms with E-state index in [1.165, 1.54) is 0 Å². The Labute approximate surface area is 98.8 Å². The lowest BCUT2D eigenvalue weighted by atomic mass is 10.1. The molecule has 0 fully saturated rings. The molecule has 0 unspecified atom stereocenters. The summed E-state index contributed by atoms with van der Waals surface area (Å²) < 4.78 is 39.2. The van der Waals surface area contributed by atoms with Crippen LogP contribution >= 0.6 is 0 Å². The number of hydrogen-bond donors (Lipinski definition) is 2. The number of anilines is 1. The van der Waals surface area contributed by atoms with Crippen LogP contribution < -0.4 is 10.9 Å². The van der Waals surface area contributed by atoms with E-state index in [0.29, 0.717) is 19.0 Å². The number of hydrogen-bond acceptors (Lipinski definition) is 3. The van der Waals surface area contributed by atoms with Crippen molar-refractivity contribution in [2.24, 2.45) is 0 Å². The Kier molecular flexibility index (Phi) is 2.80. The number of alkyl halides is 3. The first kappa shape index (κ1) is 12.5. The van der Waals surface area contributed by atoms with Crippen LogP contribution in [0.3, 0.4) is 0 Å². The summed E-state index contributed by atoms with van der Waals surface area (Å²) in [6.45, 7) is 0.542. The molecule has 2 N–H and O–H groups in total. The van der Waals surface area contributed by atoms with Gasteiger partial charge in [-0.1, -0.05) is 0 Å². The molecule has 0 saturated carbocycles. The highest BCUT2D eigenvalue weighted by Gasteiger charge is 2.39. The summed E-state index contributed by atoms with van der Waals surface area (Å²) >= 11 is 0. The van der Waals surface area contributed by atoms with Gasteiger partial charge in [0, 0.05) is 19.2 Å². The SMILES string of the molecule is O=C(O)c1c(C(F)(F)F)cc(=O)n2c1NCCC2. The van der Waals surface area contributed by atoms with Crippen molar-refractivity contribution >= 4 is 11.8 Å². The van der Waals surface area contributed by atoms with E-state index in [1.54, 1.807) is 0 Å². The van der Waals surface area contributed by atoms with Gasteiger partial charge >= 0.3 is 12.1 Å². The molecule has 98 valence electrons. The molecule has 5 nitrogen and oxygen atoms in total. The van der Waals surface area contributed by atoms with E-state index < -0.39 is 28.8 Å². The van der Waals surface area contributed by atoms with Gasteiger partial charge in [0.15, 0.2) is 0 Å². The van der Waals surface area contributed by atoms with E-state index in [0.717, 1.165) is 4.57 Å². The van der Waals surface area contributed by atoms with Gasteiger partial charge < -0.3 is 10.4 Å².